The molecule has 0 unspecified atom stereocenters. The molecule has 4 aliphatic rings. The zero-order valence-corrected chi connectivity index (χ0v) is 13.8. The molecule has 3 aliphatic carbocycles. The van der Waals surface area contributed by atoms with E-state index in [1.165, 1.54) is 0 Å². The molecule has 0 aromatic rings. The van der Waals surface area contributed by atoms with E-state index >= 15 is 0 Å². The van der Waals surface area contributed by atoms with Gasteiger partial charge in [-0.05, 0) is 0 Å². The number of rotatable bonds is 0. The van der Waals surface area contributed by atoms with Crippen molar-refractivity contribution in [2.75, 3.05) is 0 Å². The third-order valence-corrected chi connectivity index (χ3v) is 8.86. The quantitative estimate of drug-likeness (QED) is 0.467. The summed E-state index contributed by atoms with van der Waals surface area (Å²) in [7, 11) is 0. The lowest BCUT2D eigenvalue weighted by atomic mass is 9.71. The van der Waals surface area contributed by atoms with Crippen LogP contribution in [0.1, 0.15) is 0 Å². The monoisotopic (exact) mass is 394 g/mol. The smallest absolute Gasteiger partial charge is 0.170 e. The first-order valence-corrected chi connectivity index (χ1v) is 7.93. The minimum Gasteiger partial charge on any atom is -0.353 e. The lowest BCUT2D eigenvalue weighted by molar-refractivity contribution is -0.135. The Bertz CT molecular complexity index is 580. The molecule has 1 heterocycles. The van der Waals surface area contributed by atoms with Crippen molar-refractivity contribution in [3.8, 4) is 0 Å². The van der Waals surface area contributed by atoms with Crippen molar-refractivity contribution in [3.05, 3.63) is 10.1 Å². The number of halogens is 6. The molecule has 2 bridgehead atoms. The zero-order chi connectivity index (χ0) is 14.8. The van der Waals surface area contributed by atoms with Gasteiger partial charge in [0.1, 0.15) is 9.75 Å². The molecule has 0 aromatic heterocycles. The van der Waals surface area contributed by atoms with Gasteiger partial charge in [-0.1, -0.05) is 46.4 Å². The fourth-order valence-corrected chi connectivity index (χ4v) is 6.56. The summed E-state index contributed by atoms with van der Waals surface area (Å²) in [6.45, 7) is 0. The topological polar surface area (TPSA) is 46.7 Å². The highest BCUT2D eigenvalue weighted by atomic mass is 35.5. The molecule has 0 aromatic carbocycles. The highest BCUT2D eigenvalue weighted by Gasteiger charge is 2.88. The summed E-state index contributed by atoms with van der Waals surface area (Å²) < 4.78 is 3.22. The molecular formula is C11H4Cl6O3. The second-order valence-corrected chi connectivity index (χ2v) is 8.64. The molecule has 3 nitrogen and oxygen atoms in total. The number of alkyl halides is 4. The van der Waals surface area contributed by atoms with E-state index in [2.05, 4.69) is 0 Å². The number of epoxide rings is 1. The Balaban J connectivity index is 2.03. The van der Waals surface area contributed by atoms with Crippen LogP contribution in [0.5, 0.6) is 0 Å². The molecule has 1 saturated heterocycles. The molecular weight excluding hydrogens is 393 g/mol. The van der Waals surface area contributed by atoms with Crippen LogP contribution >= 0.6 is 69.6 Å². The van der Waals surface area contributed by atoms with E-state index in [9.17, 15) is 9.59 Å². The molecule has 0 radical (unpaired) electrons. The Morgan fingerprint density at radius 1 is 0.800 bits per heavy atom. The number of allylic oxidation sites excluding steroid dienone is 2. The molecule has 0 amide bonds. The van der Waals surface area contributed by atoms with Crippen LogP contribution in [0.3, 0.4) is 0 Å². The zero-order valence-electron chi connectivity index (χ0n) is 9.30. The fourth-order valence-electron chi connectivity index (χ4n) is 3.60. The van der Waals surface area contributed by atoms with Crippen LogP contribution in [0.4, 0.5) is 0 Å². The highest BCUT2D eigenvalue weighted by molar-refractivity contribution is 6.66. The molecule has 0 N–H and O–H groups in total. The predicted octanol–water partition coefficient (Wildman–Crippen LogP) is 2.98. The molecule has 1 aliphatic heterocycles. The second kappa shape index (κ2) is 3.64. The summed E-state index contributed by atoms with van der Waals surface area (Å²) in [6.07, 6.45) is -1.60. The molecule has 108 valence electrons. The van der Waals surface area contributed by atoms with Crippen molar-refractivity contribution in [2.45, 2.75) is 26.3 Å². The largest absolute Gasteiger partial charge is 0.353 e. The molecule has 20 heavy (non-hydrogen) atoms. The maximum Gasteiger partial charge on any atom is 0.170 e. The summed E-state index contributed by atoms with van der Waals surface area (Å²) in [5.74, 6) is -2.79. The van der Waals surface area contributed by atoms with Gasteiger partial charge in [0.2, 0.25) is 0 Å². The number of fused-ring (bicyclic) bond motifs is 6. The predicted molar refractivity (Wildman–Crippen MR) is 76.0 cm³/mol. The van der Waals surface area contributed by atoms with E-state index in [4.69, 9.17) is 74.3 Å². The van der Waals surface area contributed by atoms with E-state index < -0.39 is 38.1 Å². The van der Waals surface area contributed by atoms with Crippen LogP contribution in [0.15, 0.2) is 10.1 Å². The van der Waals surface area contributed by atoms with Gasteiger partial charge in [0.05, 0.1) is 21.9 Å². The van der Waals surface area contributed by atoms with Crippen LogP contribution in [0, 0.1) is 11.8 Å². The first-order valence-electron chi connectivity index (χ1n) is 5.66. The lowest BCUT2D eigenvalue weighted by Gasteiger charge is -2.36. The first-order chi connectivity index (χ1) is 9.11. The van der Waals surface area contributed by atoms with E-state index in [0.717, 1.165) is 0 Å². The van der Waals surface area contributed by atoms with Gasteiger partial charge >= 0.3 is 0 Å². The second-order valence-electron chi connectivity index (χ2n) is 5.36. The minimum atomic E-state index is -1.87. The SMILES string of the molecule is O=C1[C@H]2O[C@H]2C(=O)[C@H]2[C@@H]1[C@@]1(Cl)C(Cl)=C(Cl)[C@@]2(Cl)C1(Cl)Cl. The van der Waals surface area contributed by atoms with E-state index in [1.54, 1.807) is 0 Å². The van der Waals surface area contributed by atoms with Gasteiger partial charge in [-0.3, -0.25) is 9.59 Å². The number of hydrogen-bond acceptors (Lipinski definition) is 3. The maximum absolute atomic E-state index is 12.4. The highest BCUT2D eigenvalue weighted by Crippen LogP contribution is 2.77. The van der Waals surface area contributed by atoms with Crippen molar-refractivity contribution in [1.29, 1.82) is 0 Å². The van der Waals surface area contributed by atoms with Gasteiger partial charge in [0, 0.05) is 0 Å². The Hall–Kier alpha value is 0.780. The average molecular weight is 397 g/mol. The summed E-state index contributed by atoms with van der Waals surface area (Å²) in [5.41, 5.74) is 0. The van der Waals surface area contributed by atoms with Crippen LogP contribution in [0.25, 0.3) is 0 Å². The van der Waals surface area contributed by atoms with Gasteiger partial charge in [0.25, 0.3) is 0 Å². The third-order valence-electron chi connectivity index (χ3n) is 4.60. The lowest BCUT2D eigenvalue weighted by Crippen LogP contribution is -2.51. The Labute approximate surface area is 143 Å². The van der Waals surface area contributed by atoms with Crippen molar-refractivity contribution in [1.82, 2.24) is 0 Å². The van der Waals surface area contributed by atoms with E-state index in [0.29, 0.717) is 0 Å². The third kappa shape index (κ3) is 1.12. The standard InChI is InChI=1S/C11H4Cl6O3/c12-7-8(13)10(15)2-1(9(7,14)11(10,16)17)3(18)5-6(20-5)4(2)19/h1-2,5-6H/t1-,2+,5+,6-,9-,10-/m1/s1. The van der Waals surface area contributed by atoms with Crippen LogP contribution in [-0.2, 0) is 14.3 Å². The van der Waals surface area contributed by atoms with Gasteiger partial charge < -0.3 is 4.74 Å². The van der Waals surface area contributed by atoms with E-state index in [-0.39, 0.29) is 21.6 Å². The maximum atomic E-state index is 12.4. The fraction of sp³-hybridized carbons (Fsp3) is 0.636. The normalized spacial score (nSPS) is 55.1. The number of carbonyl (C=O) groups excluding carboxylic acids is 2. The van der Waals surface area contributed by atoms with Crippen LogP contribution in [0.2, 0.25) is 0 Å². The Kier molecular flexibility index (Phi) is 2.62. The van der Waals surface area contributed by atoms with Gasteiger partial charge in [0.15, 0.2) is 28.1 Å². The Morgan fingerprint density at radius 3 is 1.50 bits per heavy atom. The summed E-state index contributed by atoms with van der Waals surface area (Å²) in [6, 6.07) is 0. The summed E-state index contributed by atoms with van der Waals surface area (Å²) in [4.78, 5) is 21.4. The number of hydrogen-bond donors (Lipinski definition) is 0. The molecule has 9 heteroatoms. The number of ketones is 2. The number of Topliss-reactive ketones (excluding diaryl/α,β-unsaturated/α-hetero) is 2. The van der Waals surface area contributed by atoms with Gasteiger partial charge in [-0.15, -0.1) is 23.2 Å². The number of ether oxygens (including phenoxy) is 1. The molecule has 4 rings (SSSR count). The van der Waals surface area contributed by atoms with Crippen LogP contribution in [-0.4, -0.2) is 37.9 Å². The van der Waals surface area contributed by atoms with Crippen LogP contribution < -0.4 is 0 Å². The van der Waals surface area contributed by atoms with Gasteiger partial charge in [-0.25, -0.2) is 0 Å². The minimum absolute atomic E-state index is 0.0812. The van der Waals surface area contributed by atoms with Gasteiger partial charge in [-0.2, -0.15) is 0 Å². The van der Waals surface area contributed by atoms with Crippen molar-refractivity contribution >= 4 is 81.2 Å². The molecule has 0 spiro atoms. The van der Waals surface area contributed by atoms with Crippen molar-refractivity contribution in [2.24, 2.45) is 11.8 Å². The number of carbonyl (C=O) groups is 2. The average Bonchev–Trinajstić information content (AvgIpc) is 3.14. The molecule has 6 atom stereocenters. The van der Waals surface area contributed by atoms with Crippen molar-refractivity contribution in [3.63, 3.8) is 0 Å². The summed E-state index contributed by atoms with van der Waals surface area (Å²) in [5, 5.41) is -0.162. The molecule has 2 saturated carbocycles. The molecule has 3 fully saturated rings. The van der Waals surface area contributed by atoms with Crippen molar-refractivity contribution < 1.29 is 14.3 Å². The first kappa shape index (κ1) is 14.4. The van der Waals surface area contributed by atoms with E-state index in [1.807, 2.05) is 0 Å². The summed E-state index contributed by atoms with van der Waals surface area (Å²) >= 11 is 37.9. The Morgan fingerprint density at radius 2 is 1.15 bits per heavy atom.